The fourth-order valence-electron chi connectivity index (χ4n) is 2.13. The van der Waals surface area contributed by atoms with E-state index < -0.39 is 17.7 Å². The minimum absolute atomic E-state index is 0.0781. The fourth-order valence-corrected chi connectivity index (χ4v) is 3.35. The van der Waals surface area contributed by atoms with Crippen molar-refractivity contribution in [2.24, 2.45) is 0 Å². The van der Waals surface area contributed by atoms with Gasteiger partial charge in [-0.3, -0.25) is 0 Å². The summed E-state index contributed by atoms with van der Waals surface area (Å²) in [5.74, 6) is -1.06. The van der Waals surface area contributed by atoms with Gasteiger partial charge in [0.15, 0.2) is 0 Å². The predicted molar refractivity (Wildman–Crippen MR) is 83.3 cm³/mol. The Morgan fingerprint density at radius 2 is 2.05 bits per heavy atom. The zero-order valence-electron chi connectivity index (χ0n) is 11.3. The van der Waals surface area contributed by atoms with Gasteiger partial charge in [-0.2, -0.15) is 11.3 Å². The average Bonchev–Trinajstić information content (AvgIpc) is 2.84. The quantitative estimate of drug-likeness (QED) is 0.724. The van der Waals surface area contributed by atoms with Crippen LogP contribution >= 0.6 is 27.3 Å². The summed E-state index contributed by atoms with van der Waals surface area (Å²) in [6.07, 6.45) is 0.900. The number of hydrogen-bond acceptors (Lipinski definition) is 2. The van der Waals surface area contributed by atoms with Crippen LogP contribution in [0.4, 0.5) is 8.78 Å². The van der Waals surface area contributed by atoms with Crippen LogP contribution in [0.3, 0.4) is 0 Å². The number of hydrogen-bond donors (Lipinski definition) is 1. The molecule has 1 nitrogen and oxygen atoms in total. The topological polar surface area (TPSA) is 12.0 Å². The lowest BCUT2D eigenvalue weighted by atomic mass is 9.97. The molecule has 0 bridgehead atoms. The Morgan fingerprint density at radius 1 is 1.30 bits per heavy atom. The monoisotopic (exact) mass is 359 g/mol. The van der Waals surface area contributed by atoms with Crippen molar-refractivity contribution in [3.8, 4) is 0 Å². The molecule has 1 atom stereocenters. The number of thiophene rings is 1. The molecule has 0 aliphatic heterocycles. The summed E-state index contributed by atoms with van der Waals surface area (Å²) in [5.41, 5.74) is 2.05. The standard InChI is InChI=1S/C15H16BrF2NS/c1-3-6-19-15(10-8-20-7-9(10)2)13-12(17)5-4-11(16)14(13)18/h4-5,7-8,15,19H,3,6H2,1-2H3. The van der Waals surface area contributed by atoms with Gasteiger partial charge in [-0.25, -0.2) is 8.78 Å². The van der Waals surface area contributed by atoms with Crippen molar-refractivity contribution in [1.29, 1.82) is 0 Å². The van der Waals surface area contributed by atoms with Crippen molar-refractivity contribution in [3.05, 3.63) is 55.7 Å². The molecule has 20 heavy (non-hydrogen) atoms. The molecule has 1 unspecified atom stereocenters. The van der Waals surface area contributed by atoms with E-state index >= 15 is 0 Å². The van der Waals surface area contributed by atoms with E-state index in [1.807, 2.05) is 24.6 Å². The SMILES string of the molecule is CCCNC(c1cscc1C)c1c(F)ccc(Br)c1F. The molecule has 0 aliphatic carbocycles. The van der Waals surface area contributed by atoms with Gasteiger partial charge < -0.3 is 5.32 Å². The Morgan fingerprint density at radius 3 is 2.65 bits per heavy atom. The Bertz CT molecular complexity index is 598. The third-order valence-electron chi connectivity index (χ3n) is 3.17. The molecule has 0 aliphatic rings. The lowest BCUT2D eigenvalue weighted by Crippen LogP contribution is -2.25. The zero-order chi connectivity index (χ0) is 14.7. The molecule has 2 aromatic rings. The largest absolute Gasteiger partial charge is 0.306 e. The van der Waals surface area contributed by atoms with Crippen LogP contribution in [-0.4, -0.2) is 6.54 Å². The third-order valence-corrected chi connectivity index (χ3v) is 4.66. The van der Waals surface area contributed by atoms with E-state index in [-0.39, 0.29) is 10.0 Å². The summed E-state index contributed by atoms with van der Waals surface area (Å²) < 4.78 is 28.8. The van der Waals surface area contributed by atoms with Gasteiger partial charge in [0, 0.05) is 5.56 Å². The van der Waals surface area contributed by atoms with Gasteiger partial charge in [0.1, 0.15) is 11.6 Å². The molecule has 1 N–H and O–H groups in total. The molecule has 5 heteroatoms. The minimum atomic E-state index is -0.538. The lowest BCUT2D eigenvalue weighted by molar-refractivity contribution is 0.500. The molecule has 0 radical (unpaired) electrons. The normalized spacial score (nSPS) is 12.7. The van der Waals surface area contributed by atoms with Crippen LogP contribution in [0, 0.1) is 18.6 Å². The van der Waals surface area contributed by atoms with E-state index in [4.69, 9.17) is 0 Å². The second kappa shape index (κ2) is 6.78. The highest BCUT2D eigenvalue weighted by molar-refractivity contribution is 9.10. The van der Waals surface area contributed by atoms with Gasteiger partial charge in [-0.15, -0.1) is 0 Å². The van der Waals surface area contributed by atoms with E-state index in [9.17, 15) is 8.78 Å². The highest BCUT2D eigenvalue weighted by atomic mass is 79.9. The zero-order valence-corrected chi connectivity index (χ0v) is 13.7. The van der Waals surface area contributed by atoms with E-state index in [0.717, 1.165) is 17.5 Å². The molecule has 1 aromatic heterocycles. The molecule has 0 saturated carbocycles. The second-order valence-electron chi connectivity index (χ2n) is 4.65. The van der Waals surface area contributed by atoms with Crippen molar-refractivity contribution >= 4 is 27.3 Å². The van der Waals surface area contributed by atoms with Crippen molar-refractivity contribution in [3.63, 3.8) is 0 Å². The molecular formula is C15H16BrF2NS. The molecular weight excluding hydrogens is 344 g/mol. The number of aryl methyl sites for hydroxylation is 1. The summed E-state index contributed by atoms with van der Waals surface area (Å²) in [7, 11) is 0. The van der Waals surface area contributed by atoms with Gasteiger partial charge in [0.05, 0.1) is 10.5 Å². The number of benzene rings is 1. The first-order valence-corrected chi connectivity index (χ1v) is 8.19. The van der Waals surface area contributed by atoms with Gasteiger partial charge >= 0.3 is 0 Å². The summed E-state index contributed by atoms with van der Waals surface area (Å²) in [6.45, 7) is 4.68. The Hall–Kier alpha value is -0.780. The first kappa shape index (κ1) is 15.6. The second-order valence-corrected chi connectivity index (χ2v) is 6.25. The van der Waals surface area contributed by atoms with Gasteiger partial charge in [-0.05, 0) is 69.8 Å². The molecule has 1 aromatic carbocycles. The predicted octanol–water partition coefficient (Wildman–Crippen LogP) is 5.19. The third kappa shape index (κ3) is 3.10. The summed E-state index contributed by atoms with van der Waals surface area (Å²) in [5, 5.41) is 7.18. The van der Waals surface area contributed by atoms with E-state index in [2.05, 4.69) is 21.2 Å². The van der Waals surface area contributed by atoms with Crippen LogP contribution in [0.25, 0.3) is 0 Å². The number of nitrogens with one attached hydrogen (secondary N) is 1. The van der Waals surface area contributed by atoms with Crippen molar-refractivity contribution < 1.29 is 8.78 Å². The smallest absolute Gasteiger partial charge is 0.145 e. The highest BCUT2D eigenvalue weighted by Crippen LogP contribution is 2.33. The van der Waals surface area contributed by atoms with Gasteiger partial charge in [-0.1, -0.05) is 6.92 Å². The first-order chi connectivity index (χ1) is 9.56. The molecule has 0 fully saturated rings. The first-order valence-electron chi connectivity index (χ1n) is 6.45. The van der Waals surface area contributed by atoms with Crippen LogP contribution < -0.4 is 5.32 Å². The summed E-state index contributed by atoms with van der Waals surface area (Å²) >= 11 is 4.67. The van der Waals surface area contributed by atoms with Crippen LogP contribution in [0.5, 0.6) is 0 Å². The van der Waals surface area contributed by atoms with E-state index in [0.29, 0.717) is 6.54 Å². The van der Waals surface area contributed by atoms with Crippen LogP contribution in [0.1, 0.15) is 36.1 Å². The van der Waals surface area contributed by atoms with Crippen LogP contribution in [0.2, 0.25) is 0 Å². The van der Waals surface area contributed by atoms with Gasteiger partial charge in [0.2, 0.25) is 0 Å². The molecule has 0 spiro atoms. The molecule has 108 valence electrons. The minimum Gasteiger partial charge on any atom is -0.306 e. The maximum absolute atomic E-state index is 14.3. The Labute approximate surface area is 130 Å². The van der Waals surface area contributed by atoms with E-state index in [1.165, 1.54) is 12.1 Å². The fraction of sp³-hybridized carbons (Fsp3) is 0.333. The lowest BCUT2D eigenvalue weighted by Gasteiger charge is -2.21. The molecule has 2 rings (SSSR count). The number of rotatable bonds is 5. The van der Waals surface area contributed by atoms with Crippen molar-refractivity contribution in [2.45, 2.75) is 26.3 Å². The highest BCUT2D eigenvalue weighted by Gasteiger charge is 2.24. The average molecular weight is 360 g/mol. The molecule has 0 amide bonds. The van der Waals surface area contributed by atoms with E-state index in [1.54, 1.807) is 11.3 Å². The van der Waals surface area contributed by atoms with Crippen LogP contribution in [0.15, 0.2) is 27.4 Å². The van der Waals surface area contributed by atoms with Crippen molar-refractivity contribution in [2.75, 3.05) is 6.54 Å². The number of halogens is 3. The molecule has 0 saturated heterocycles. The van der Waals surface area contributed by atoms with Crippen molar-refractivity contribution in [1.82, 2.24) is 5.32 Å². The summed E-state index contributed by atoms with van der Waals surface area (Å²) in [4.78, 5) is 0. The maximum atomic E-state index is 14.3. The van der Waals surface area contributed by atoms with Crippen LogP contribution in [-0.2, 0) is 0 Å². The molecule has 1 heterocycles. The Balaban J connectivity index is 2.52. The van der Waals surface area contributed by atoms with Gasteiger partial charge in [0.25, 0.3) is 0 Å². The summed E-state index contributed by atoms with van der Waals surface area (Å²) in [6, 6.07) is 2.23. The Kier molecular flexibility index (Phi) is 5.29. The maximum Gasteiger partial charge on any atom is 0.145 e.